The zero-order chi connectivity index (χ0) is 19.1. The van der Waals surface area contributed by atoms with Gasteiger partial charge in [0.25, 0.3) is 0 Å². The summed E-state index contributed by atoms with van der Waals surface area (Å²) in [6.45, 7) is 12.2. The largest absolute Gasteiger partial charge is 0.353 e. The van der Waals surface area contributed by atoms with E-state index in [2.05, 4.69) is 10.6 Å². The van der Waals surface area contributed by atoms with Gasteiger partial charge in [0.05, 0.1) is 0 Å². The summed E-state index contributed by atoms with van der Waals surface area (Å²) in [4.78, 5) is 39.1. The second kappa shape index (κ2) is 9.16. The van der Waals surface area contributed by atoms with E-state index in [1.165, 1.54) is 4.90 Å². The highest BCUT2D eigenvalue weighted by atomic mass is 16.2. The average molecular weight is 341 g/mol. The summed E-state index contributed by atoms with van der Waals surface area (Å²) in [6.07, 6.45) is 0.724. The fraction of sp³-hybridized carbons (Fsp3) is 0.833. The highest BCUT2D eigenvalue weighted by Gasteiger charge is 2.37. The number of ketones is 1. The van der Waals surface area contributed by atoms with Crippen LogP contribution in [0.4, 0.5) is 0 Å². The molecule has 0 aliphatic rings. The minimum atomic E-state index is -0.785. The van der Waals surface area contributed by atoms with Crippen molar-refractivity contribution in [2.75, 3.05) is 27.2 Å². The van der Waals surface area contributed by atoms with Gasteiger partial charge in [0, 0.05) is 37.4 Å². The quantitative estimate of drug-likeness (QED) is 0.624. The van der Waals surface area contributed by atoms with Crippen LogP contribution in [-0.4, -0.2) is 55.7 Å². The Morgan fingerprint density at radius 2 is 1.58 bits per heavy atom. The topological polar surface area (TPSA) is 78.5 Å². The van der Waals surface area contributed by atoms with Crippen molar-refractivity contribution >= 4 is 17.6 Å². The van der Waals surface area contributed by atoms with E-state index in [1.54, 1.807) is 34.9 Å². The van der Waals surface area contributed by atoms with Crippen LogP contribution in [0.2, 0.25) is 0 Å². The number of likely N-dealkylation sites (N-methyl/N-ethyl adjacent to an activating group) is 2. The standard InChI is InChI=1S/C18H35N3O3/c1-9-18(5,6)14(22)12-13(15(23)20-11-10-19-7)21(8)16(24)17(2,3)4/h13,19H,9-12H2,1-8H3,(H,20,23). The van der Waals surface area contributed by atoms with Gasteiger partial charge in [0.15, 0.2) is 0 Å². The lowest BCUT2D eigenvalue weighted by atomic mass is 9.82. The maximum absolute atomic E-state index is 12.6. The van der Waals surface area contributed by atoms with E-state index in [1.807, 2.05) is 20.8 Å². The molecule has 0 aromatic carbocycles. The fourth-order valence-corrected chi connectivity index (χ4v) is 2.15. The van der Waals surface area contributed by atoms with Gasteiger partial charge in [-0.25, -0.2) is 0 Å². The van der Waals surface area contributed by atoms with Gasteiger partial charge in [-0.2, -0.15) is 0 Å². The highest BCUT2D eigenvalue weighted by molar-refractivity contribution is 5.95. The summed E-state index contributed by atoms with van der Waals surface area (Å²) in [5.41, 5.74) is -1.11. The van der Waals surface area contributed by atoms with Crippen LogP contribution in [0.5, 0.6) is 0 Å². The number of amides is 2. The van der Waals surface area contributed by atoms with E-state index < -0.39 is 16.9 Å². The molecule has 0 heterocycles. The van der Waals surface area contributed by atoms with Crippen molar-refractivity contribution < 1.29 is 14.4 Å². The molecule has 0 saturated heterocycles. The smallest absolute Gasteiger partial charge is 0.243 e. The van der Waals surface area contributed by atoms with Crippen molar-refractivity contribution in [3.05, 3.63) is 0 Å². The Kier molecular flexibility index (Phi) is 8.61. The summed E-state index contributed by atoms with van der Waals surface area (Å²) in [5, 5.41) is 5.75. The second-order valence-electron chi connectivity index (χ2n) is 7.94. The zero-order valence-corrected chi connectivity index (χ0v) is 16.6. The Balaban J connectivity index is 5.33. The van der Waals surface area contributed by atoms with Gasteiger partial charge < -0.3 is 15.5 Å². The lowest BCUT2D eigenvalue weighted by molar-refractivity contribution is -0.147. The Bertz CT molecular complexity index is 453. The van der Waals surface area contributed by atoms with E-state index in [9.17, 15) is 14.4 Å². The van der Waals surface area contributed by atoms with E-state index >= 15 is 0 Å². The summed E-state index contributed by atoms with van der Waals surface area (Å²) in [7, 11) is 3.40. The van der Waals surface area contributed by atoms with Crippen LogP contribution >= 0.6 is 0 Å². The van der Waals surface area contributed by atoms with Crippen LogP contribution in [0.1, 0.15) is 54.4 Å². The summed E-state index contributed by atoms with van der Waals surface area (Å²) in [6, 6.07) is -0.785. The molecule has 0 aromatic rings. The molecule has 0 aliphatic heterocycles. The van der Waals surface area contributed by atoms with E-state index in [0.717, 1.165) is 0 Å². The number of Topliss-reactive ketones (excluding diaryl/α,β-unsaturated/α-hetero) is 1. The molecule has 0 saturated carbocycles. The van der Waals surface area contributed by atoms with E-state index in [-0.39, 0.29) is 24.0 Å². The third-order valence-electron chi connectivity index (χ3n) is 4.42. The fourth-order valence-electron chi connectivity index (χ4n) is 2.15. The van der Waals surface area contributed by atoms with Crippen molar-refractivity contribution in [2.24, 2.45) is 10.8 Å². The number of carbonyl (C=O) groups excluding carboxylic acids is 3. The first-order valence-corrected chi connectivity index (χ1v) is 8.61. The molecule has 0 bridgehead atoms. The van der Waals surface area contributed by atoms with Gasteiger partial charge in [-0.1, -0.05) is 41.5 Å². The molecular formula is C18H35N3O3. The number of rotatable bonds is 9. The maximum Gasteiger partial charge on any atom is 0.243 e. The first-order chi connectivity index (χ1) is 10.9. The van der Waals surface area contributed by atoms with Gasteiger partial charge in [-0.15, -0.1) is 0 Å². The predicted octanol–water partition coefficient (Wildman–Crippen LogP) is 1.59. The Labute approximate surface area is 146 Å². The van der Waals surface area contributed by atoms with Crippen LogP contribution in [0.3, 0.4) is 0 Å². The molecule has 6 nitrogen and oxygen atoms in total. The molecule has 0 rings (SSSR count). The van der Waals surface area contributed by atoms with Crippen LogP contribution in [-0.2, 0) is 14.4 Å². The molecule has 24 heavy (non-hydrogen) atoms. The molecule has 1 atom stereocenters. The average Bonchev–Trinajstić information content (AvgIpc) is 2.49. The van der Waals surface area contributed by atoms with Gasteiger partial charge in [-0.05, 0) is 13.5 Å². The number of hydrogen-bond donors (Lipinski definition) is 2. The van der Waals surface area contributed by atoms with Crippen molar-refractivity contribution in [2.45, 2.75) is 60.4 Å². The lowest BCUT2D eigenvalue weighted by Gasteiger charge is -2.33. The number of carbonyl (C=O) groups is 3. The maximum atomic E-state index is 12.6. The Hall–Kier alpha value is -1.43. The summed E-state index contributed by atoms with van der Waals surface area (Å²) >= 11 is 0. The Morgan fingerprint density at radius 1 is 1.04 bits per heavy atom. The number of hydrogen-bond acceptors (Lipinski definition) is 4. The molecule has 2 amide bonds. The second-order valence-corrected chi connectivity index (χ2v) is 7.94. The Morgan fingerprint density at radius 3 is 2.00 bits per heavy atom. The lowest BCUT2D eigenvalue weighted by Crippen LogP contribution is -2.53. The molecule has 140 valence electrons. The third kappa shape index (κ3) is 6.59. The third-order valence-corrected chi connectivity index (χ3v) is 4.42. The summed E-state index contributed by atoms with van der Waals surface area (Å²) in [5.74, 6) is -0.448. The predicted molar refractivity (Wildman–Crippen MR) is 96.6 cm³/mol. The SMILES string of the molecule is CCC(C)(C)C(=O)CC(C(=O)NCCNC)N(C)C(=O)C(C)(C)C. The van der Waals surface area contributed by atoms with Gasteiger partial charge in [0.2, 0.25) is 11.8 Å². The van der Waals surface area contributed by atoms with Crippen LogP contribution in [0.15, 0.2) is 0 Å². The molecule has 1 unspecified atom stereocenters. The molecular weight excluding hydrogens is 306 g/mol. The number of nitrogens with zero attached hydrogens (tertiary/aromatic N) is 1. The molecule has 0 radical (unpaired) electrons. The number of nitrogens with one attached hydrogen (secondary N) is 2. The molecule has 0 fully saturated rings. The van der Waals surface area contributed by atoms with Gasteiger partial charge in [-0.3, -0.25) is 14.4 Å². The molecule has 0 spiro atoms. The van der Waals surface area contributed by atoms with Crippen molar-refractivity contribution in [3.8, 4) is 0 Å². The van der Waals surface area contributed by atoms with Crippen molar-refractivity contribution in [1.29, 1.82) is 0 Å². The summed E-state index contributed by atoms with van der Waals surface area (Å²) < 4.78 is 0. The molecule has 6 heteroatoms. The van der Waals surface area contributed by atoms with Gasteiger partial charge >= 0.3 is 0 Å². The van der Waals surface area contributed by atoms with E-state index in [0.29, 0.717) is 19.5 Å². The van der Waals surface area contributed by atoms with Crippen molar-refractivity contribution in [3.63, 3.8) is 0 Å². The van der Waals surface area contributed by atoms with Crippen LogP contribution < -0.4 is 10.6 Å². The minimum Gasteiger partial charge on any atom is -0.353 e. The van der Waals surface area contributed by atoms with Crippen LogP contribution in [0.25, 0.3) is 0 Å². The minimum absolute atomic E-state index is 0.00711. The van der Waals surface area contributed by atoms with Gasteiger partial charge in [0.1, 0.15) is 11.8 Å². The first kappa shape index (κ1) is 22.6. The normalized spacial score (nSPS) is 13.3. The van der Waals surface area contributed by atoms with Crippen LogP contribution in [0, 0.1) is 10.8 Å². The zero-order valence-electron chi connectivity index (χ0n) is 16.6. The molecule has 0 aromatic heterocycles. The highest BCUT2D eigenvalue weighted by Crippen LogP contribution is 2.26. The van der Waals surface area contributed by atoms with E-state index in [4.69, 9.17) is 0 Å². The molecule has 2 N–H and O–H groups in total. The van der Waals surface area contributed by atoms with Crippen molar-refractivity contribution in [1.82, 2.24) is 15.5 Å². The first-order valence-electron chi connectivity index (χ1n) is 8.61. The molecule has 0 aliphatic carbocycles. The monoisotopic (exact) mass is 341 g/mol.